The molecule has 1 atom stereocenters. The number of carbonyl (C=O) groups is 4. The third kappa shape index (κ3) is 5.14. The third-order valence-electron chi connectivity index (χ3n) is 5.50. The molecule has 11 nitrogen and oxygen atoms in total. The summed E-state index contributed by atoms with van der Waals surface area (Å²) in [5, 5.41) is 22.3. The van der Waals surface area contributed by atoms with Crippen molar-refractivity contribution >= 4 is 29.5 Å². The van der Waals surface area contributed by atoms with Crippen LogP contribution in [0.5, 0.6) is 0 Å². The van der Waals surface area contributed by atoms with Crippen LogP contribution in [0.25, 0.3) is 0 Å². The maximum atomic E-state index is 12.7. The van der Waals surface area contributed by atoms with Crippen LogP contribution >= 0.6 is 0 Å². The maximum Gasteiger partial charge on any atom is 0.312 e. The minimum atomic E-state index is -1.39. The number of nitrogen functional groups attached to an aromatic ring is 1. The maximum absolute atomic E-state index is 12.7. The Labute approximate surface area is 189 Å². The first kappa shape index (κ1) is 23.4. The number of benzene rings is 1. The fourth-order valence-electron chi connectivity index (χ4n) is 3.88. The van der Waals surface area contributed by atoms with Gasteiger partial charge in [0.2, 0.25) is 0 Å². The summed E-state index contributed by atoms with van der Waals surface area (Å²) in [5.41, 5.74) is 5.30. The van der Waals surface area contributed by atoms with E-state index < -0.39 is 35.7 Å². The molecule has 1 aliphatic rings. The van der Waals surface area contributed by atoms with Gasteiger partial charge in [0, 0.05) is 43.2 Å². The number of nitrogens with two attached hydrogens (primary N) is 1. The van der Waals surface area contributed by atoms with Crippen LogP contribution < -0.4 is 16.4 Å². The zero-order valence-corrected chi connectivity index (χ0v) is 17.7. The van der Waals surface area contributed by atoms with Gasteiger partial charge in [0.05, 0.1) is 12.0 Å². The van der Waals surface area contributed by atoms with E-state index in [1.54, 1.807) is 24.3 Å². The van der Waals surface area contributed by atoms with Crippen LogP contribution in [0.4, 0.5) is 0 Å². The molecule has 11 heteroatoms. The number of carboxylic acids is 1. The van der Waals surface area contributed by atoms with Crippen molar-refractivity contribution in [2.24, 2.45) is 5.73 Å². The van der Waals surface area contributed by atoms with Gasteiger partial charge in [-0.2, -0.15) is 0 Å². The zero-order chi connectivity index (χ0) is 24.0. The van der Waals surface area contributed by atoms with E-state index in [0.29, 0.717) is 16.7 Å². The molecule has 1 unspecified atom stereocenters. The minimum Gasteiger partial charge on any atom is -0.481 e. The van der Waals surface area contributed by atoms with Crippen molar-refractivity contribution in [2.75, 3.05) is 19.6 Å². The highest BCUT2D eigenvalue weighted by atomic mass is 16.4. The Bertz CT molecular complexity index is 1070. The predicted molar refractivity (Wildman–Crippen MR) is 117 cm³/mol. The van der Waals surface area contributed by atoms with Gasteiger partial charge in [-0.3, -0.25) is 29.6 Å². The number of amidine groups is 1. The van der Waals surface area contributed by atoms with Crippen LogP contribution in [-0.4, -0.2) is 64.2 Å². The number of pyridine rings is 1. The van der Waals surface area contributed by atoms with Gasteiger partial charge in [-0.25, -0.2) is 0 Å². The summed E-state index contributed by atoms with van der Waals surface area (Å²) in [5.74, 6) is -3.34. The number of amides is 3. The Kier molecular flexibility index (Phi) is 7.01. The Morgan fingerprint density at radius 1 is 1.21 bits per heavy atom. The molecule has 1 saturated heterocycles. The first-order chi connectivity index (χ1) is 15.7. The van der Waals surface area contributed by atoms with E-state index in [2.05, 4.69) is 15.6 Å². The van der Waals surface area contributed by atoms with Crippen LogP contribution in [0, 0.1) is 5.41 Å². The number of piperazine rings is 1. The van der Waals surface area contributed by atoms with Gasteiger partial charge in [0.1, 0.15) is 5.84 Å². The number of aliphatic carboxylic acids is 1. The van der Waals surface area contributed by atoms with E-state index in [1.807, 2.05) is 0 Å². The molecule has 0 aliphatic carbocycles. The van der Waals surface area contributed by atoms with Crippen molar-refractivity contribution in [2.45, 2.75) is 18.4 Å². The Hall–Kier alpha value is -4.28. The lowest BCUT2D eigenvalue weighted by atomic mass is 9.81. The van der Waals surface area contributed by atoms with Gasteiger partial charge >= 0.3 is 17.8 Å². The average Bonchev–Trinajstić information content (AvgIpc) is 2.80. The van der Waals surface area contributed by atoms with Crippen molar-refractivity contribution in [3.05, 3.63) is 65.5 Å². The lowest BCUT2D eigenvalue weighted by Gasteiger charge is -2.45. The van der Waals surface area contributed by atoms with Crippen LogP contribution in [0.15, 0.2) is 48.8 Å². The molecule has 1 aliphatic heterocycles. The van der Waals surface area contributed by atoms with Gasteiger partial charge in [0.25, 0.3) is 5.91 Å². The highest BCUT2D eigenvalue weighted by Gasteiger charge is 2.46. The highest BCUT2D eigenvalue weighted by Crippen LogP contribution is 2.36. The SMILES string of the molecule is N=C(N)c1ccc(C(=O)NCCC(CC(=O)O)(c2cccnc2)N2CCNC(=O)C2=O)cc1. The number of carboxylic acid groups (broad SMARTS) is 1. The summed E-state index contributed by atoms with van der Waals surface area (Å²) < 4.78 is 0. The summed E-state index contributed by atoms with van der Waals surface area (Å²) in [7, 11) is 0. The van der Waals surface area contributed by atoms with E-state index in [1.165, 1.54) is 29.4 Å². The fraction of sp³-hybridized carbons (Fsp3) is 0.273. The number of nitrogens with zero attached hydrogens (tertiary/aromatic N) is 2. The van der Waals surface area contributed by atoms with Crippen LogP contribution in [0.2, 0.25) is 0 Å². The summed E-state index contributed by atoms with van der Waals surface area (Å²) in [6.45, 7) is 0.329. The number of hydrogen-bond acceptors (Lipinski definition) is 6. The topological polar surface area (TPSA) is 179 Å². The lowest BCUT2D eigenvalue weighted by Crippen LogP contribution is -2.61. The van der Waals surface area contributed by atoms with E-state index in [4.69, 9.17) is 11.1 Å². The molecule has 0 bridgehead atoms. The molecule has 1 fully saturated rings. The minimum absolute atomic E-state index is 0.0286. The second-order valence-corrected chi connectivity index (χ2v) is 7.55. The quantitative estimate of drug-likeness (QED) is 0.199. The predicted octanol–water partition coefficient (Wildman–Crippen LogP) is -0.186. The van der Waals surface area contributed by atoms with Crippen LogP contribution in [0.3, 0.4) is 0 Å². The second-order valence-electron chi connectivity index (χ2n) is 7.55. The van der Waals surface area contributed by atoms with E-state index in [9.17, 15) is 24.3 Å². The second kappa shape index (κ2) is 9.90. The molecule has 33 heavy (non-hydrogen) atoms. The number of nitrogens with one attached hydrogen (secondary N) is 3. The summed E-state index contributed by atoms with van der Waals surface area (Å²) in [6, 6.07) is 9.42. The van der Waals surface area contributed by atoms with Gasteiger partial charge in [-0.1, -0.05) is 18.2 Å². The lowest BCUT2D eigenvalue weighted by molar-refractivity contribution is -0.156. The molecule has 0 saturated carbocycles. The first-order valence-corrected chi connectivity index (χ1v) is 10.2. The summed E-state index contributed by atoms with van der Waals surface area (Å²) in [6.07, 6.45) is 2.56. The largest absolute Gasteiger partial charge is 0.481 e. The molecule has 0 spiro atoms. The first-order valence-electron chi connectivity index (χ1n) is 10.2. The molecular weight excluding hydrogens is 428 g/mol. The Morgan fingerprint density at radius 2 is 1.91 bits per heavy atom. The number of aromatic nitrogens is 1. The normalized spacial score (nSPS) is 15.3. The average molecular weight is 452 g/mol. The van der Waals surface area contributed by atoms with Crippen LogP contribution in [-0.2, 0) is 19.9 Å². The van der Waals surface area contributed by atoms with Crippen molar-refractivity contribution in [3.63, 3.8) is 0 Å². The Balaban J connectivity index is 1.86. The van der Waals surface area contributed by atoms with Gasteiger partial charge < -0.3 is 26.4 Å². The molecule has 172 valence electrons. The van der Waals surface area contributed by atoms with E-state index in [0.717, 1.165) is 0 Å². The molecule has 2 aromatic rings. The van der Waals surface area contributed by atoms with Gasteiger partial charge in [-0.05, 0) is 30.2 Å². The number of hydrogen-bond donors (Lipinski definition) is 5. The highest BCUT2D eigenvalue weighted by molar-refractivity contribution is 6.35. The zero-order valence-electron chi connectivity index (χ0n) is 17.7. The smallest absolute Gasteiger partial charge is 0.312 e. The van der Waals surface area contributed by atoms with Crippen molar-refractivity contribution in [3.8, 4) is 0 Å². The molecule has 1 aromatic heterocycles. The molecule has 6 N–H and O–H groups in total. The molecule has 3 rings (SSSR count). The third-order valence-corrected chi connectivity index (χ3v) is 5.50. The van der Waals surface area contributed by atoms with E-state index >= 15 is 0 Å². The molecule has 2 heterocycles. The molecular formula is C22H24N6O5. The number of rotatable bonds is 9. The van der Waals surface area contributed by atoms with Crippen molar-refractivity contribution in [1.82, 2.24) is 20.5 Å². The molecule has 0 radical (unpaired) electrons. The van der Waals surface area contributed by atoms with Crippen molar-refractivity contribution < 1.29 is 24.3 Å². The van der Waals surface area contributed by atoms with Crippen LogP contribution in [0.1, 0.15) is 34.3 Å². The van der Waals surface area contributed by atoms with Crippen molar-refractivity contribution in [1.29, 1.82) is 5.41 Å². The summed E-state index contributed by atoms with van der Waals surface area (Å²) >= 11 is 0. The van der Waals surface area contributed by atoms with Gasteiger partial charge in [-0.15, -0.1) is 0 Å². The Morgan fingerprint density at radius 3 is 2.52 bits per heavy atom. The fourth-order valence-corrected chi connectivity index (χ4v) is 3.88. The summed E-state index contributed by atoms with van der Waals surface area (Å²) in [4.78, 5) is 54.5. The molecule has 1 aromatic carbocycles. The number of carbonyl (C=O) groups excluding carboxylic acids is 3. The monoisotopic (exact) mass is 452 g/mol. The van der Waals surface area contributed by atoms with E-state index in [-0.39, 0.29) is 31.9 Å². The molecule has 3 amide bonds. The standard InChI is InChI=1S/C22H24N6O5/c23-18(24)14-3-5-15(6-4-14)19(31)26-9-7-22(12-17(29)30,16-2-1-8-25-13-16)28-11-10-27-20(32)21(28)33/h1-6,8,13H,7,9-12H2,(H3,23,24)(H,26,31)(H,27,32)(H,29,30). The van der Waals surface area contributed by atoms with Gasteiger partial charge in [0.15, 0.2) is 0 Å².